The van der Waals surface area contributed by atoms with E-state index in [0.29, 0.717) is 6.04 Å². The van der Waals surface area contributed by atoms with Gasteiger partial charge in [0.1, 0.15) is 5.75 Å². The van der Waals surface area contributed by atoms with E-state index in [2.05, 4.69) is 43.4 Å². The fraction of sp³-hybridized carbons (Fsp3) is 0.429. The quantitative estimate of drug-likeness (QED) is 0.793. The summed E-state index contributed by atoms with van der Waals surface area (Å²) < 4.78 is 5.11. The molecule has 0 radical (unpaired) electrons. The number of benzene rings is 1. The summed E-state index contributed by atoms with van der Waals surface area (Å²) in [5, 5.41) is 3.41. The Labute approximate surface area is 98.3 Å². The smallest absolute Gasteiger partial charge is 0.118 e. The summed E-state index contributed by atoms with van der Waals surface area (Å²) in [6.07, 6.45) is 5.48. The summed E-state index contributed by atoms with van der Waals surface area (Å²) >= 11 is 0. The van der Waals surface area contributed by atoms with Gasteiger partial charge in [0.15, 0.2) is 0 Å². The third-order valence-electron chi connectivity index (χ3n) is 2.41. The molecule has 1 aromatic rings. The maximum absolute atomic E-state index is 5.11. The molecular weight excluding hydrogens is 198 g/mol. The van der Waals surface area contributed by atoms with E-state index in [1.165, 1.54) is 12.0 Å². The maximum Gasteiger partial charge on any atom is 0.118 e. The molecule has 0 saturated heterocycles. The maximum atomic E-state index is 5.11. The van der Waals surface area contributed by atoms with E-state index in [9.17, 15) is 0 Å². The predicted molar refractivity (Wildman–Crippen MR) is 69.8 cm³/mol. The zero-order valence-electron chi connectivity index (χ0n) is 10.4. The normalized spacial score (nSPS) is 12.9. The molecule has 1 atom stereocenters. The third kappa shape index (κ3) is 4.49. The lowest BCUT2D eigenvalue weighted by Crippen LogP contribution is -2.24. The van der Waals surface area contributed by atoms with Gasteiger partial charge in [-0.25, -0.2) is 0 Å². The minimum Gasteiger partial charge on any atom is -0.497 e. The Morgan fingerprint density at radius 2 is 2.00 bits per heavy atom. The Bertz CT molecular complexity index is 316. The molecule has 0 amide bonds. The van der Waals surface area contributed by atoms with Gasteiger partial charge in [-0.1, -0.05) is 31.2 Å². The molecule has 1 rings (SSSR count). The van der Waals surface area contributed by atoms with Crippen LogP contribution in [0.5, 0.6) is 5.75 Å². The standard InChI is InChI=1S/C14H21NO/c1-4-11-15-12(2)5-6-13-7-9-14(16-3)10-8-13/h5-10,12,15H,4,11H2,1-3H3/b6-5+. The predicted octanol–water partition coefficient (Wildman–Crippen LogP) is 3.10. The first kappa shape index (κ1) is 12.8. The number of hydrogen-bond acceptors (Lipinski definition) is 2. The van der Waals surface area contributed by atoms with Gasteiger partial charge in [0.2, 0.25) is 0 Å². The Hall–Kier alpha value is -1.28. The Kier molecular flexibility index (Phi) is 5.65. The van der Waals surface area contributed by atoms with Crippen LogP contribution in [-0.4, -0.2) is 19.7 Å². The highest BCUT2D eigenvalue weighted by Crippen LogP contribution is 2.12. The van der Waals surface area contributed by atoms with Crippen molar-refractivity contribution in [1.82, 2.24) is 5.32 Å². The van der Waals surface area contributed by atoms with Crippen LogP contribution >= 0.6 is 0 Å². The molecule has 0 aromatic heterocycles. The number of hydrogen-bond donors (Lipinski definition) is 1. The van der Waals surface area contributed by atoms with Crippen molar-refractivity contribution in [1.29, 1.82) is 0 Å². The Morgan fingerprint density at radius 3 is 2.56 bits per heavy atom. The van der Waals surface area contributed by atoms with E-state index >= 15 is 0 Å². The first-order chi connectivity index (χ1) is 7.76. The zero-order chi connectivity index (χ0) is 11.8. The van der Waals surface area contributed by atoms with Gasteiger partial charge in [-0.3, -0.25) is 0 Å². The van der Waals surface area contributed by atoms with Gasteiger partial charge in [0.25, 0.3) is 0 Å². The van der Waals surface area contributed by atoms with Crippen LogP contribution in [0.25, 0.3) is 6.08 Å². The molecule has 1 N–H and O–H groups in total. The van der Waals surface area contributed by atoms with Crippen LogP contribution < -0.4 is 10.1 Å². The molecule has 16 heavy (non-hydrogen) atoms. The second kappa shape index (κ2) is 7.07. The largest absolute Gasteiger partial charge is 0.497 e. The van der Waals surface area contributed by atoms with Crippen molar-refractivity contribution in [2.24, 2.45) is 0 Å². The van der Waals surface area contributed by atoms with Crippen LogP contribution in [0, 0.1) is 0 Å². The molecule has 0 fully saturated rings. The average molecular weight is 219 g/mol. The highest BCUT2D eigenvalue weighted by molar-refractivity contribution is 5.51. The number of rotatable bonds is 6. The lowest BCUT2D eigenvalue weighted by molar-refractivity contribution is 0.415. The van der Waals surface area contributed by atoms with Crippen molar-refractivity contribution in [2.75, 3.05) is 13.7 Å². The monoisotopic (exact) mass is 219 g/mol. The van der Waals surface area contributed by atoms with Crippen molar-refractivity contribution >= 4 is 6.08 Å². The molecular formula is C14H21NO. The van der Waals surface area contributed by atoms with Gasteiger partial charge >= 0.3 is 0 Å². The van der Waals surface area contributed by atoms with Crippen molar-refractivity contribution in [3.05, 3.63) is 35.9 Å². The molecule has 0 saturated carbocycles. The fourth-order valence-electron chi connectivity index (χ4n) is 1.41. The van der Waals surface area contributed by atoms with E-state index in [0.717, 1.165) is 12.3 Å². The van der Waals surface area contributed by atoms with E-state index in [1.807, 2.05) is 12.1 Å². The minimum atomic E-state index is 0.419. The molecule has 0 heterocycles. The highest BCUT2D eigenvalue weighted by Gasteiger charge is 1.94. The molecule has 0 spiro atoms. The Balaban J connectivity index is 2.48. The lowest BCUT2D eigenvalue weighted by atomic mass is 10.1. The van der Waals surface area contributed by atoms with Crippen molar-refractivity contribution in [3.8, 4) is 5.75 Å². The average Bonchev–Trinajstić information content (AvgIpc) is 2.34. The fourth-order valence-corrected chi connectivity index (χ4v) is 1.41. The van der Waals surface area contributed by atoms with Crippen molar-refractivity contribution in [3.63, 3.8) is 0 Å². The van der Waals surface area contributed by atoms with Gasteiger partial charge in [0.05, 0.1) is 7.11 Å². The molecule has 88 valence electrons. The number of nitrogens with one attached hydrogen (secondary N) is 1. The second-order valence-corrected chi connectivity index (χ2v) is 3.88. The van der Waals surface area contributed by atoms with Crippen LogP contribution in [0.1, 0.15) is 25.8 Å². The minimum absolute atomic E-state index is 0.419. The topological polar surface area (TPSA) is 21.3 Å². The van der Waals surface area contributed by atoms with Crippen LogP contribution in [0.2, 0.25) is 0 Å². The molecule has 0 bridgehead atoms. The molecule has 1 unspecified atom stereocenters. The zero-order valence-corrected chi connectivity index (χ0v) is 10.4. The third-order valence-corrected chi connectivity index (χ3v) is 2.41. The number of ether oxygens (including phenoxy) is 1. The first-order valence-corrected chi connectivity index (χ1v) is 5.82. The van der Waals surface area contributed by atoms with Crippen LogP contribution in [0.3, 0.4) is 0 Å². The van der Waals surface area contributed by atoms with Gasteiger partial charge in [-0.05, 0) is 37.6 Å². The number of methoxy groups -OCH3 is 1. The van der Waals surface area contributed by atoms with Crippen LogP contribution in [0.15, 0.2) is 30.3 Å². The van der Waals surface area contributed by atoms with Crippen LogP contribution in [-0.2, 0) is 0 Å². The first-order valence-electron chi connectivity index (χ1n) is 5.82. The van der Waals surface area contributed by atoms with E-state index in [1.54, 1.807) is 7.11 Å². The molecule has 0 aliphatic rings. The molecule has 0 aliphatic heterocycles. The van der Waals surface area contributed by atoms with E-state index in [4.69, 9.17) is 4.74 Å². The van der Waals surface area contributed by atoms with Gasteiger partial charge in [-0.15, -0.1) is 0 Å². The molecule has 2 nitrogen and oxygen atoms in total. The second-order valence-electron chi connectivity index (χ2n) is 3.88. The van der Waals surface area contributed by atoms with E-state index < -0.39 is 0 Å². The van der Waals surface area contributed by atoms with E-state index in [-0.39, 0.29) is 0 Å². The van der Waals surface area contributed by atoms with Gasteiger partial charge < -0.3 is 10.1 Å². The summed E-state index contributed by atoms with van der Waals surface area (Å²) in [5.41, 5.74) is 1.20. The van der Waals surface area contributed by atoms with Crippen LogP contribution in [0.4, 0.5) is 0 Å². The molecule has 1 aromatic carbocycles. The highest BCUT2D eigenvalue weighted by atomic mass is 16.5. The summed E-state index contributed by atoms with van der Waals surface area (Å²) in [4.78, 5) is 0. The summed E-state index contributed by atoms with van der Waals surface area (Å²) in [6, 6.07) is 8.49. The summed E-state index contributed by atoms with van der Waals surface area (Å²) in [6.45, 7) is 5.40. The summed E-state index contributed by atoms with van der Waals surface area (Å²) in [5.74, 6) is 0.898. The SMILES string of the molecule is CCCNC(C)/C=C/c1ccc(OC)cc1. The lowest BCUT2D eigenvalue weighted by Gasteiger charge is -2.07. The van der Waals surface area contributed by atoms with Gasteiger partial charge in [-0.2, -0.15) is 0 Å². The van der Waals surface area contributed by atoms with Gasteiger partial charge in [0, 0.05) is 6.04 Å². The molecule has 2 heteroatoms. The summed E-state index contributed by atoms with van der Waals surface area (Å²) in [7, 11) is 1.68. The Morgan fingerprint density at radius 1 is 1.31 bits per heavy atom. The molecule has 0 aliphatic carbocycles. The van der Waals surface area contributed by atoms with Crippen molar-refractivity contribution < 1.29 is 4.74 Å². The van der Waals surface area contributed by atoms with Crippen molar-refractivity contribution in [2.45, 2.75) is 26.3 Å².